The van der Waals surface area contributed by atoms with Gasteiger partial charge < -0.3 is 0 Å². The van der Waals surface area contributed by atoms with Crippen LogP contribution in [0.3, 0.4) is 0 Å². The number of aromatic nitrogens is 2. The van der Waals surface area contributed by atoms with Crippen LogP contribution in [0.25, 0.3) is 22.5 Å². The predicted octanol–water partition coefficient (Wildman–Crippen LogP) is 3.95. The minimum Gasteiger partial charge on any atom is -0.299 e. The van der Waals surface area contributed by atoms with Crippen molar-refractivity contribution in [1.29, 1.82) is 0 Å². The molecular formula is C24H20N6OS. The van der Waals surface area contributed by atoms with Gasteiger partial charge in [-0.3, -0.25) is 26.5 Å². The summed E-state index contributed by atoms with van der Waals surface area (Å²) in [6.07, 6.45) is 0. The van der Waals surface area contributed by atoms with Crippen molar-refractivity contribution in [3.8, 4) is 22.5 Å². The molecule has 0 atom stereocenters. The second-order valence-corrected chi connectivity index (χ2v) is 7.13. The number of anilines is 1. The standard InChI is InChI=1S/C24H20N6OS/c31-23(28-30-24(32)29-27-19-14-8-3-9-15-19)22-25-20(17-10-4-1-5-11-17)16-21(26-22)18-12-6-2-7-13-18/h1-16,27H,(H,28,31)(H2,29,30,32). The van der Waals surface area contributed by atoms with Gasteiger partial charge in [0, 0.05) is 11.1 Å². The molecular weight excluding hydrogens is 420 g/mol. The third-order valence-electron chi connectivity index (χ3n) is 4.45. The number of carbonyl (C=O) groups is 1. The molecule has 3 aromatic carbocycles. The van der Waals surface area contributed by atoms with Crippen LogP contribution >= 0.6 is 12.2 Å². The van der Waals surface area contributed by atoms with Gasteiger partial charge in [0.15, 0.2) is 0 Å². The molecule has 0 saturated heterocycles. The van der Waals surface area contributed by atoms with Crippen molar-refractivity contribution < 1.29 is 4.79 Å². The molecule has 4 rings (SSSR count). The average Bonchev–Trinajstić information content (AvgIpc) is 2.87. The Labute approximate surface area is 190 Å². The van der Waals surface area contributed by atoms with Crippen LogP contribution in [0.1, 0.15) is 10.6 Å². The van der Waals surface area contributed by atoms with Gasteiger partial charge in [0.1, 0.15) is 0 Å². The fourth-order valence-corrected chi connectivity index (χ4v) is 3.02. The van der Waals surface area contributed by atoms with Gasteiger partial charge in [0.05, 0.1) is 17.1 Å². The molecule has 32 heavy (non-hydrogen) atoms. The summed E-state index contributed by atoms with van der Waals surface area (Å²) in [6, 6.07) is 30.6. The zero-order valence-corrected chi connectivity index (χ0v) is 17.8. The van der Waals surface area contributed by atoms with E-state index in [1.807, 2.05) is 97.1 Å². The van der Waals surface area contributed by atoms with E-state index in [0.29, 0.717) is 11.4 Å². The summed E-state index contributed by atoms with van der Waals surface area (Å²) in [7, 11) is 0. The molecule has 4 aromatic rings. The highest BCUT2D eigenvalue weighted by molar-refractivity contribution is 7.80. The molecule has 1 heterocycles. The van der Waals surface area contributed by atoms with E-state index < -0.39 is 5.91 Å². The third-order valence-corrected chi connectivity index (χ3v) is 4.66. The zero-order valence-electron chi connectivity index (χ0n) is 16.9. The van der Waals surface area contributed by atoms with E-state index in [9.17, 15) is 4.79 Å². The normalized spacial score (nSPS) is 10.1. The number of hydrogen-bond acceptors (Lipinski definition) is 5. The molecule has 0 bridgehead atoms. The van der Waals surface area contributed by atoms with Gasteiger partial charge >= 0.3 is 5.91 Å². The number of nitrogens with zero attached hydrogens (tertiary/aromatic N) is 2. The first-order chi connectivity index (χ1) is 15.7. The monoisotopic (exact) mass is 440 g/mol. The second-order valence-electron chi connectivity index (χ2n) is 6.72. The Hall–Kier alpha value is -4.30. The molecule has 4 N–H and O–H groups in total. The Morgan fingerprint density at radius 1 is 0.656 bits per heavy atom. The number of hydrogen-bond donors (Lipinski definition) is 4. The number of hydrazine groups is 2. The summed E-state index contributed by atoms with van der Waals surface area (Å²) in [6.45, 7) is 0. The highest BCUT2D eigenvalue weighted by Gasteiger charge is 2.15. The molecule has 7 nitrogen and oxygen atoms in total. The van der Waals surface area contributed by atoms with Gasteiger partial charge in [-0.15, -0.1) is 0 Å². The Kier molecular flexibility index (Phi) is 6.64. The van der Waals surface area contributed by atoms with Gasteiger partial charge in [0.25, 0.3) is 0 Å². The molecule has 0 aliphatic rings. The molecule has 0 unspecified atom stereocenters. The topological polar surface area (TPSA) is 91.0 Å². The Balaban J connectivity index is 1.50. The quantitative estimate of drug-likeness (QED) is 0.276. The van der Waals surface area contributed by atoms with Crippen LogP contribution in [0.2, 0.25) is 0 Å². The molecule has 0 spiro atoms. The Bertz CT molecular complexity index is 1150. The lowest BCUT2D eigenvalue weighted by molar-refractivity contribution is 0.0933. The smallest absolute Gasteiger partial charge is 0.299 e. The minimum absolute atomic E-state index is 0.0246. The zero-order chi connectivity index (χ0) is 22.2. The van der Waals surface area contributed by atoms with Gasteiger partial charge in [-0.25, -0.2) is 9.97 Å². The van der Waals surface area contributed by atoms with E-state index >= 15 is 0 Å². The van der Waals surface area contributed by atoms with Crippen molar-refractivity contribution >= 4 is 28.9 Å². The van der Waals surface area contributed by atoms with E-state index in [1.54, 1.807) is 0 Å². The molecule has 0 saturated carbocycles. The lowest BCUT2D eigenvalue weighted by atomic mass is 10.1. The minimum atomic E-state index is -0.510. The molecule has 1 aromatic heterocycles. The lowest BCUT2D eigenvalue weighted by Gasteiger charge is -2.13. The molecule has 158 valence electrons. The molecule has 1 amide bonds. The highest BCUT2D eigenvalue weighted by atomic mass is 32.1. The summed E-state index contributed by atoms with van der Waals surface area (Å²) in [4.78, 5) is 21.7. The molecule has 0 aliphatic heterocycles. The number of nitrogens with one attached hydrogen (secondary N) is 4. The summed E-state index contributed by atoms with van der Waals surface area (Å²) in [5.74, 6) is -0.486. The van der Waals surface area contributed by atoms with Crippen LogP contribution in [-0.4, -0.2) is 21.0 Å². The highest BCUT2D eigenvalue weighted by Crippen LogP contribution is 2.23. The lowest BCUT2D eigenvalue weighted by Crippen LogP contribution is -2.48. The number of rotatable bonds is 5. The van der Waals surface area contributed by atoms with Crippen molar-refractivity contribution in [2.75, 3.05) is 5.43 Å². The van der Waals surface area contributed by atoms with E-state index in [0.717, 1.165) is 16.8 Å². The van der Waals surface area contributed by atoms with Gasteiger partial charge in [0.2, 0.25) is 10.9 Å². The molecule has 8 heteroatoms. The third kappa shape index (κ3) is 5.44. The van der Waals surface area contributed by atoms with E-state index in [4.69, 9.17) is 12.2 Å². The van der Waals surface area contributed by atoms with Crippen LogP contribution in [0.15, 0.2) is 97.1 Å². The van der Waals surface area contributed by atoms with Crippen LogP contribution < -0.4 is 21.7 Å². The number of carbonyl (C=O) groups excluding carboxylic acids is 1. The maximum Gasteiger partial charge on any atom is 0.307 e. The number of amides is 1. The predicted molar refractivity (Wildman–Crippen MR) is 129 cm³/mol. The second kappa shape index (κ2) is 10.1. The first-order valence-electron chi connectivity index (χ1n) is 9.86. The molecule has 0 radical (unpaired) electrons. The maximum atomic E-state index is 12.8. The molecule has 0 fully saturated rings. The van der Waals surface area contributed by atoms with Crippen LogP contribution in [0.5, 0.6) is 0 Å². The Morgan fingerprint density at radius 3 is 1.69 bits per heavy atom. The van der Waals surface area contributed by atoms with Crippen molar-refractivity contribution in [1.82, 2.24) is 26.2 Å². The average molecular weight is 441 g/mol. The van der Waals surface area contributed by atoms with Gasteiger partial charge in [-0.05, 0) is 30.4 Å². The maximum absolute atomic E-state index is 12.8. The summed E-state index contributed by atoms with van der Waals surface area (Å²) >= 11 is 5.19. The first kappa shape index (κ1) is 21.0. The number of benzene rings is 3. The summed E-state index contributed by atoms with van der Waals surface area (Å²) < 4.78 is 0. The van der Waals surface area contributed by atoms with E-state index in [-0.39, 0.29) is 10.9 Å². The number of para-hydroxylation sites is 1. The van der Waals surface area contributed by atoms with Crippen LogP contribution in [-0.2, 0) is 0 Å². The van der Waals surface area contributed by atoms with Gasteiger partial charge in [-0.1, -0.05) is 78.9 Å². The van der Waals surface area contributed by atoms with Crippen LogP contribution in [0, 0.1) is 0 Å². The van der Waals surface area contributed by atoms with E-state index in [1.165, 1.54) is 0 Å². The fraction of sp³-hybridized carbons (Fsp3) is 0. The van der Waals surface area contributed by atoms with E-state index in [2.05, 4.69) is 31.7 Å². The number of thiocarbonyl (C=S) groups is 1. The van der Waals surface area contributed by atoms with Crippen molar-refractivity contribution in [2.45, 2.75) is 0 Å². The SMILES string of the molecule is O=C(NNC(=S)NNc1ccccc1)c1nc(-c2ccccc2)cc(-c2ccccc2)n1. The fourth-order valence-electron chi connectivity index (χ4n) is 2.91. The first-order valence-corrected chi connectivity index (χ1v) is 10.3. The molecule has 0 aliphatic carbocycles. The van der Waals surface area contributed by atoms with Crippen molar-refractivity contribution in [2.24, 2.45) is 0 Å². The van der Waals surface area contributed by atoms with Gasteiger partial charge in [-0.2, -0.15) is 0 Å². The summed E-state index contributed by atoms with van der Waals surface area (Å²) in [5, 5.41) is 0.185. The Morgan fingerprint density at radius 2 is 1.16 bits per heavy atom. The van der Waals surface area contributed by atoms with Crippen LogP contribution in [0.4, 0.5) is 5.69 Å². The largest absolute Gasteiger partial charge is 0.307 e. The van der Waals surface area contributed by atoms with Crippen molar-refractivity contribution in [3.05, 3.63) is 103 Å². The summed E-state index contributed by atoms with van der Waals surface area (Å²) in [5.41, 5.74) is 14.8. The van der Waals surface area contributed by atoms with Crippen molar-refractivity contribution in [3.63, 3.8) is 0 Å².